The standard InChI is InChI=1S/C3H2NS.BrH.Mg/c1-2-5-3-4-1;;/h1-2H;1H;/q-1;;+2/p-1. The number of hydrogen-bond donors (Lipinski definition) is 0. The molecule has 1 rings (SSSR count). The molecule has 0 atom stereocenters. The van der Waals surface area contributed by atoms with Crippen molar-refractivity contribution in [3.05, 3.63) is 17.1 Å². The second-order valence-electron chi connectivity index (χ2n) is 0.623. The van der Waals surface area contributed by atoms with E-state index >= 15 is 0 Å². The summed E-state index contributed by atoms with van der Waals surface area (Å²) in [4.78, 5) is 3.62. The molecule has 7 heavy (non-hydrogen) atoms. The fraction of sp³-hybridized carbons (Fsp3) is 0. The van der Waals surface area contributed by atoms with Crippen LogP contribution in [0.25, 0.3) is 0 Å². The van der Waals surface area contributed by atoms with Crippen LogP contribution < -0.4 is 17.0 Å². The van der Waals surface area contributed by atoms with Gasteiger partial charge in [-0.25, -0.2) is 0 Å². The van der Waals surface area contributed by atoms with Crippen LogP contribution in [0.5, 0.6) is 0 Å². The molecule has 1 nitrogen and oxygen atoms in total. The zero-order valence-electron chi connectivity index (χ0n) is 3.60. The first-order valence-electron chi connectivity index (χ1n) is 1.25. The molecule has 0 radical (unpaired) electrons. The van der Waals surface area contributed by atoms with Crippen molar-refractivity contribution in [3.8, 4) is 0 Å². The Morgan fingerprint density at radius 2 is 2.29 bits per heavy atom. The van der Waals surface area contributed by atoms with Crippen LogP contribution in [0.2, 0.25) is 0 Å². The summed E-state index contributed by atoms with van der Waals surface area (Å²) in [5.74, 6) is 0. The van der Waals surface area contributed by atoms with Gasteiger partial charge in [0.15, 0.2) is 0 Å². The van der Waals surface area contributed by atoms with Crippen LogP contribution in [0.1, 0.15) is 0 Å². The first-order valence-corrected chi connectivity index (χ1v) is 2.13. The van der Waals surface area contributed by atoms with Crippen molar-refractivity contribution >= 4 is 34.4 Å². The Morgan fingerprint density at radius 1 is 1.57 bits per heavy atom. The van der Waals surface area contributed by atoms with Crippen molar-refractivity contribution in [3.63, 3.8) is 0 Å². The van der Waals surface area contributed by atoms with Crippen LogP contribution in [0.3, 0.4) is 0 Å². The monoisotopic (exact) mass is 187 g/mol. The summed E-state index contributed by atoms with van der Waals surface area (Å²) in [5.41, 5.74) is 2.65. The van der Waals surface area contributed by atoms with Gasteiger partial charge in [0.05, 0.1) is 0 Å². The van der Waals surface area contributed by atoms with E-state index in [0.29, 0.717) is 0 Å². The molecular weight excluding hydrogens is 186 g/mol. The molecule has 1 aromatic heterocycles. The molecule has 0 saturated carbocycles. The molecular formula is C3H2BrMgNS. The van der Waals surface area contributed by atoms with Gasteiger partial charge >= 0.3 is 23.1 Å². The molecule has 1 aromatic rings. The molecule has 0 fully saturated rings. The Bertz CT molecular complexity index is 71.4. The summed E-state index contributed by atoms with van der Waals surface area (Å²) in [6, 6.07) is 0. The topological polar surface area (TPSA) is 12.9 Å². The molecule has 0 saturated heterocycles. The Kier molecular flexibility index (Phi) is 10.6. The maximum absolute atomic E-state index is 3.62. The Morgan fingerprint density at radius 3 is 2.43 bits per heavy atom. The first kappa shape index (κ1) is 10.8. The molecule has 0 unspecified atom stereocenters. The molecule has 4 heteroatoms. The van der Waals surface area contributed by atoms with Gasteiger partial charge in [-0.15, -0.1) is 11.6 Å². The summed E-state index contributed by atoms with van der Waals surface area (Å²) in [5, 5.41) is 1.88. The molecule has 0 aliphatic carbocycles. The zero-order chi connectivity index (χ0) is 3.54. The molecule has 0 N–H and O–H groups in total. The average molecular weight is 188 g/mol. The summed E-state index contributed by atoms with van der Waals surface area (Å²) in [6.07, 6.45) is 1.71. The van der Waals surface area contributed by atoms with Gasteiger partial charge in [0, 0.05) is 0 Å². The Balaban J connectivity index is 0. The predicted molar refractivity (Wildman–Crippen MR) is 26.7 cm³/mol. The van der Waals surface area contributed by atoms with E-state index in [9.17, 15) is 0 Å². The summed E-state index contributed by atoms with van der Waals surface area (Å²) >= 11 is 1.48. The predicted octanol–water partition coefficient (Wildman–Crippen LogP) is -2.43. The average Bonchev–Trinajstić information content (AvgIpc) is 1.76. The normalized spacial score (nSPS) is 5.71. The van der Waals surface area contributed by atoms with Gasteiger partial charge in [0.2, 0.25) is 0 Å². The van der Waals surface area contributed by atoms with E-state index in [4.69, 9.17) is 0 Å². The van der Waals surface area contributed by atoms with Crippen molar-refractivity contribution in [2.75, 3.05) is 0 Å². The molecule has 0 aliphatic heterocycles. The van der Waals surface area contributed by atoms with E-state index < -0.39 is 0 Å². The van der Waals surface area contributed by atoms with Gasteiger partial charge in [-0.1, -0.05) is 0 Å². The zero-order valence-corrected chi connectivity index (χ0v) is 7.41. The number of aromatic nitrogens is 1. The van der Waals surface area contributed by atoms with E-state index in [1.165, 1.54) is 11.3 Å². The van der Waals surface area contributed by atoms with E-state index in [1.54, 1.807) is 6.20 Å². The minimum Gasteiger partial charge on any atom is -1.00 e. The van der Waals surface area contributed by atoms with Gasteiger partial charge in [0.25, 0.3) is 0 Å². The maximum atomic E-state index is 3.62. The number of halogens is 1. The van der Waals surface area contributed by atoms with E-state index in [2.05, 4.69) is 10.5 Å². The van der Waals surface area contributed by atoms with Crippen LogP contribution in [0.4, 0.5) is 0 Å². The molecule has 1 heterocycles. The third-order valence-corrected chi connectivity index (χ3v) is 0.777. The van der Waals surface area contributed by atoms with Crippen LogP contribution in [0.15, 0.2) is 11.6 Å². The first-order chi connectivity index (χ1) is 2.50. The van der Waals surface area contributed by atoms with Crippen LogP contribution >= 0.6 is 11.3 Å². The second-order valence-corrected chi connectivity index (χ2v) is 1.31. The van der Waals surface area contributed by atoms with E-state index in [1.807, 2.05) is 5.38 Å². The SMILES string of the molecule is [Br-].[Mg+2].[c-]1nccs1. The maximum Gasteiger partial charge on any atom is 2.00 e. The van der Waals surface area contributed by atoms with Gasteiger partial charge < -0.3 is 22.0 Å². The smallest absolute Gasteiger partial charge is 1.00 e. The number of hydrogen-bond acceptors (Lipinski definition) is 2. The van der Waals surface area contributed by atoms with Crippen LogP contribution in [-0.2, 0) is 0 Å². The quantitative estimate of drug-likeness (QED) is 0.326. The molecule has 0 aromatic carbocycles. The minimum absolute atomic E-state index is 0. The number of nitrogens with zero attached hydrogens (tertiary/aromatic N) is 1. The van der Waals surface area contributed by atoms with Crippen molar-refractivity contribution in [2.24, 2.45) is 0 Å². The van der Waals surface area contributed by atoms with Gasteiger partial charge in [0.1, 0.15) is 0 Å². The van der Waals surface area contributed by atoms with Crippen LogP contribution in [-0.4, -0.2) is 28.0 Å². The Hall–Kier alpha value is 0.876. The van der Waals surface area contributed by atoms with Crippen molar-refractivity contribution in [2.45, 2.75) is 0 Å². The molecule has 0 aliphatic rings. The largest absolute Gasteiger partial charge is 2.00 e. The van der Waals surface area contributed by atoms with Crippen molar-refractivity contribution in [1.82, 2.24) is 4.98 Å². The second kappa shape index (κ2) is 6.88. The third kappa shape index (κ3) is 4.74. The molecule has 34 valence electrons. The van der Waals surface area contributed by atoms with Gasteiger partial charge in [-0.05, 0) is 5.51 Å². The van der Waals surface area contributed by atoms with Crippen molar-refractivity contribution in [1.29, 1.82) is 0 Å². The number of thiazole rings is 1. The van der Waals surface area contributed by atoms with E-state index in [0.717, 1.165) is 0 Å². The fourth-order valence-corrected chi connectivity index (χ4v) is 0.456. The van der Waals surface area contributed by atoms with E-state index in [-0.39, 0.29) is 40.0 Å². The fourth-order valence-electron chi connectivity index (χ4n) is 0.152. The molecule has 0 spiro atoms. The third-order valence-electron chi connectivity index (χ3n) is 0.309. The van der Waals surface area contributed by atoms with Gasteiger partial charge in [-0.3, -0.25) is 11.3 Å². The summed E-state index contributed by atoms with van der Waals surface area (Å²) in [7, 11) is 0. The van der Waals surface area contributed by atoms with Crippen molar-refractivity contribution < 1.29 is 17.0 Å². The minimum atomic E-state index is 0. The Labute approximate surface area is 73.1 Å². The van der Waals surface area contributed by atoms with Gasteiger partial charge in [-0.2, -0.15) is 0 Å². The number of rotatable bonds is 0. The summed E-state index contributed by atoms with van der Waals surface area (Å²) in [6.45, 7) is 0. The molecule has 0 amide bonds. The molecule has 0 bridgehead atoms. The summed E-state index contributed by atoms with van der Waals surface area (Å²) < 4.78 is 0. The van der Waals surface area contributed by atoms with Crippen LogP contribution in [0, 0.1) is 5.51 Å².